The van der Waals surface area contributed by atoms with Gasteiger partial charge in [0.2, 0.25) is 0 Å². The Morgan fingerprint density at radius 1 is 1.09 bits per heavy atom. The van der Waals surface area contributed by atoms with Crippen molar-refractivity contribution in [3.8, 4) is 11.5 Å². The van der Waals surface area contributed by atoms with Crippen molar-refractivity contribution >= 4 is 33.9 Å². The van der Waals surface area contributed by atoms with Gasteiger partial charge in [-0.25, -0.2) is 0 Å². The van der Waals surface area contributed by atoms with Crippen LogP contribution in [0.5, 0.6) is 11.5 Å². The van der Waals surface area contributed by atoms with Crippen molar-refractivity contribution in [3.63, 3.8) is 0 Å². The second-order valence-electron chi connectivity index (χ2n) is 8.11. The molecule has 2 heterocycles. The Kier molecular flexibility index (Phi) is 7.99. The number of aromatic amines is 1. The molecule has 0 radical (unpaired) electrons. The number of benzene rings is 2. The van der Waals surface area contributed by atoms with Crippen LogP contribution in [-0.2, 0) is 11.3 Å². The summed E-state index contributed by atoms with van der Waals surface area (Å²) >= 11 is 5.77. The van der Waals surface area contributed by atoms with E-state index in [1.165, 1.54) is 0 Å². The first kappa shape index (κ1) is 24.0. The molecule has 1 aromatic heterocycles. The summed E-state index contributed by atoms with van der Waals surface area (Å²) in [6, 6.07) is 15.1. The van der Waals surface area contributed by atoms with E-state index in [9.17, 15) is 4.79 Å². The molecule has 1 fully saturated rings. The second-order valence-corrected chi connectivity index (χ2v) is 8.50. The summed E-state index contributed by atoms with van der Waals surface area (Å²) in [5.41, 5.74) is 2.15. The zero-order valence-corrected chi connectivity index (χ0v) is 20.3. The van der Waals surface area contributed by atoms with Crippen LogP contribution in [0.15, 0.2) is 53.3 Å². The number of pyridine rings is 1. The quantitative estimate of drug-likeness (QED) is 0.475. The lowest BCUT2D eigenvalue weighted by molar-refractivity contribution is 0.0358. The molecule has 2 aromatic carbocycles. The lowest BCUT2D eigenvalue weighted by atomic mass is 10.1. The number of hydrogen-bond acceptors (Lipinski definition) is 6. The van der Waals surface area contributed by atoms with Crippen molar-refractivity contribution in [2.24, 2.45) is 0 Å². The molecule has 8 nitrogen and oxygen atoms in total. The van der Waals surface area contributed by atoms with Gasteiger partial charge in [0.15, 0.2) is 5.11 Å². The predicted molar refractivity (Wildman–Crippen MR) is 138 cm³/mol. The van der Waals surface area contributed by atoms with Crippen LogP contribution in [0.3, 0.4) is 0 Å². The molecule has 34 heavy (non-hydrogen) atoms. The number of ether oxygens (including phenoxy) is 3. The maximum atomic E-state index is 12.9. The molecule has 3 aromatic rings. The fourth-order valence-corrected chi connectivity index (χ4v) is 4.17. The molecule has 4 rings (SSSR count). The van der Waals surface area contributed by atoms with Gasteiger partial charge in [-0.3, -0.25) is 9.69 Å². The van der Waals surface area contributed by atoms with Crippen molar-refractivity contribution in [3.05, 3.63) is 64.4 Å². The lowest BCUT2D eigenvalue weighted by Gasteiger charge is -2.31. The number of thiocarbonyl (C=S) groups is 1. The fraction of sp³-hybridized carbons (Fsp3) is 0.360. The highest BCUT2D eigenvalue weighted by Gasteiger charge is 2.17. The van der Waals surface area contributed by atoms with Crippen LogP contribution < -0.4 is 20.3 Å². The summed E-state index contributed by atoms with van der Waals surface area (Å²) in [6.07, 6.45) is 0. The average Bonchev–Trinajstić information content (AvgIpc) is 2.87. The molecular formula is C25H30N4O4S. The zero-order chi connectivity index (χ0) is 23.9. The van der Waals surface area contributed by atoms with E-state index >= 15 is 0 Å². The van der Waals surface area contributed by atoms with Gasteiger partial charge >= 0.3 is 0 Å². The Labute approximate surface area is 204 Å². The van der Waals surface area contributed by atoms with Gasteiger partial charge in [-0.05, 0) is 60.7 Å². The number of aromatic nitrogens is 1. The standard InChI is InChI=1S/C25H30N4O4S/c1-31-21-5-3-20(4-6-21)26-25(34)29(10-9-28-11-13-33-14-12-28)17-19-15-18-16-22(32-2)7-8-23(18)27-24(19)30/h3-8,15-16H,9-14,17H2,1-2H3,(H,26,34)(H,27,30). The van der Waals surface area contributed by atoms with E-state index < -0.39 is 0 Å². The van der Waals surface area contributed by atoms with Gasteiger partial charge < -0.3 is 29.4 Å². The van der Waals surface area contributed by atoms with Crippen molar-refractivity contribution in [1.29, 1.82) is 0 Å². The van der Waals surface area contributed by atoms with E-state index in [0.717, 1.165) is 60.9 Å². The minimum Gasteiger partial charge on any atom is -0.497 e. The smallest absolute Gasteiger partial charge is 0.253 e. The zero-order valence-electron chi connectivity index (χ0n) is 19.5. The number of nitrogens with one attached hydrogen (secondary N) is 2. The van der Waals surface area contributed by atoms with Crippen LogP contribution in [0, 0.1) is 0 Å². The molecule has 0 atom stereocenters. The minimum atomic E-state index is -0.124. The third-order valence-corrected chi connectivity index (χ3v) is 6.27. The molecule has 0 amide bonds. The average molecular weight is 483 g/mol. The monoisotopic (exact) mass is 482 g/mol. The lowest BCUT2D eigenvalue weighted by Crippen LogP contribution is -2.44. The van der Waals surface area contributed by atoms with Gasteiger partial charge in [0.1, 0.15) is 11.5 Å². The molecule has 9 heteroatoms. The first-order valence-corrected chi connectivity index (χ1v) is 11.7. The first-order chi connectivity index (χ1) is 16.6. The maximum Gasteiger partial charge on any atom is 0.253 e. The summed E-state index contributed by atoms with van der Waals surface area (Å²) in [7, 11) is 3.27. The molecule has 0 saturated carbocycles. The van der Waals surface area contributed by atoms with Crippen molar-refractivity contribution < 1.29 is 14.2 Å². The molecule has 0 unspecified atom stereocenters. The number of anilines is 1. The molecule has 1 saturated heterocycles. The fourth-order valence-electron chi connectivity index (χ4n) is 3.90. The summed E-state index contributed by atoms with van der Waals surface area (Å²) in [4.78, 5) is 20.2. The summed E-state index contributed by atoms with van der Waals surface area (Å²) < 4.78 is 16.0. The van der Waals surface area contributed by atoms with Gasteiger partial charge in [-0.2, -0.15) is 0 Å². The van der Waals surface area contributed by atoms with Crippen molar-refractivity contribution in [1.82, 2.24) is 14.8 Å². The van der Waals surface area contributed by atoms with Crippen LogP contribution in [0.4, 0.5) is 5.69 Å². The minimum absolute atomic E-state index is 0.124. The number of H-pyrrole nitrogens is 1. The molecule has 180 valence electrons. The van der Waals surface area contributed by atoms with Crippen LogP contribution in [0.25, 0.3) is 10.9 Å². The number of rotatable bonds is 8. The van der Waals surface area contributed by atoms with E-state index in [2.05, 4.69) is 15.2 Å². The van der Waals surface area contributed by atoms with Crippen molar-refractivity contribution in [2.75, 3.05) is 58.9 Å². The number of nitrogens with zero attached hydrogens (tertiary/aromatic N) is 2. The molecule has 1 aliphatic heterocycles. The highest BCUT2D eigenvalue weighted by Crippen LogP contribution is 2.20. The molecule has 2 N–H and O–H groups in total. The summed E-state index contributed by atoms with van der Waals surface area (Å²) in [5, 5.41) is 4.77. The Bertz CT molecular complexity index is 1180. The van der Waals surface area contributed by atoms with Gasteiger partial charge in [-0.15, -0.1) is 0 Å². The summed E-state index contributed by atoms with van der Waals surface area (Å²) in [5.74, 6) is 1.52. The highest BCUT2D eigenvalue weighted by atomic mass is 32.1. The van der Waals surface area contributed by atoms with Crippen LogP contribution >= 0.6 is 12.2 Å². The molecule has 0 bridgehead atoms. The Morgan fingerprint density at radius 2 is 1.79 bits per heavy atom. The molecular weight excluding hydrogens is 452 g/mol. The van der Waals surface area contributed by atoms with Gasteiger partial charge in [-0.1, -0.05) is 0 Å². The Balaban J connectivity index is 1.55. The van der Waals surface area contributed by atoms with Crippen LogP contribution in [0.1, 0.15) is 5.56 Å². The van der Waals surface area contributed by atoms with Crippen LogP contribution in [-0.4, -0.2) is 73.5 Å². The molecule has 0 spiro atoms. The SMILES string of the molecule is COc1ccc(NC(=S)N(CCN2CCOCC2)Cc2cc3cc(OC)ccc3[nH]c2=O)cc1. The van der Waals surface area contributed by atoms with Gasteiger partial charge in [0.05, 0.1) is 34.0 Å². The summed E-state index contributed by atoms with van der Waals surface area (Å²) in [6.45, 7) is 5.15. The van der Waals surface area contributed by atoms with E-state index in [-0.39, 0.29) is 5.56 Å². The maximum absolute atomic E-state index is 12.9. The molecule has 1 aliphatic rings. The van der Waals surface area contributed by atoms with Gasteiger partial charge in [0.25, 0.3) is 5.56 Å². The second kappa shape index (κ2) is 11.3. The number of fused-ring (bicyclic) bond motifs is 1. The van der Waals surface area contributed by atoms with E-state index in [1.54, 1.807) is 14.2 Å². The van der Waals surface area contributed by atoms with E-state index in [4.69, 9.17) is 26.4 Å². The van der Waals surface area contributed by atoms with E-state index in [0.29, 0.717) is 23.8 Å². The topological polar surface area (TPSA) is 79.1 Å². The number of hydrogen-bond donors (Lipinski definition) is 2. The van der Waals surface area contributed by atoms with Crippen LogP contribution in [0.2, 0.25) is 0 Å². The highest BCUT2D eigenvalue weighted by molar-refractivity contribution is 7.80. The molecule has 0 aliphatic carbocycles. The first-order valence-electron chi connectivity index (χ1n) is 11.3. The Morgan fingerprint density at radius 3 is 2.50 bits per heavy atom. The predicted octanol–water partition coefficient (Wildman–Crippen LogP) is 3.08. The third-order valence-electron chi connectivity index (χ3n) is 5.91. The third kappa shape index (κ3) is 6.05. The largest absolute Gasteiger partial charge is 0.497 e. The Hall–Kier alpha value is -3.14. The van der Waals surface area contributed by atoms with E-state index in [1.807, 2.05) is 53.4 Å². The van der Waals surface area contributed by atoms with Gasteiger partial charge in [0, 0.05) is 48.3 Å². The number of morpholine rings is 1. The normalized spacial score (nSPS) is 14.1. The van der Waals surface area contributed by atoms with Crippen molar-refractivity contribution in [2.45, 2.75) is 6.54 Å². The number of methoxy groups -OCH3 is 2.